The van der Waals surface area contributed by atoms with Gasteiger partial charge >= 0.3 is 0 Å². The van der Waals surface area contributed by atoms with E-state index in [1.165, 1.54) is 0 Å². The molecule has 8 nitrogen and oxygen atoms in total. The van der Waals surface area contributed by atoms with E-state index in [9.17, 15) is 4.79 Å². The molecule has 0 radical (unpaired) electrons. The third kappa shape index (κ3) is 5.49. The van der Waals surface area contributed by atoms with Crippen LogP contribution in [0, 0.1) is 5.92 Å². The molecule has 1 aromatic rings. The number of hydrogen-bond donors (Lipinski definition) is 0. The molecule has 8 heteroatoms. The van der Waals surface area contributed by atoms with Gasteiger partial charge in [0.25, 0.3) is 0 Å². The van der Waals surface area contributed by atoms with E-state index in [0.29, 0.717) is 24.9 Å². The van der Waals surface area contributed by atoms with Crippen LogP contribution in [-0.2, 0) is 22.5 Å². The first-order chi connectivity index (χ1) is 12.1. The summed E-state index contributed by atoms with van der Waals surface area (Å²) in [6, 6.07) is 0. The number of morpholine rings is 1. The van der Waals surface area contributed by atoms with Crippen LogP contribution in [0.3, 0.4) is 0 Å². The topological polar surface area (TPSA) is 74.9 Å². The standard InChI is InChI=1S/C17H29N5O3/c1-14(2)11-15-18-16(25-19-15)12-20-3-5-22(6-4-20)17(23)13-21-7-9-24-10-8-21/h14H,3-13H2,1-2H3. The van der Waals surface area contributed by atoms with Gasteiger partial charge in [-0.2, -0.15) is 4.98 Å². The maximum atomic E-state index is 12.4. The quantitative estimate of drug-likeness (QED) is 0.727. The van der Waals surface area contributed by atoms with Gasteiger partial charge in [-0.15, -0.1) is 0 Å². The second-order valence-corrected chi connectivity index (χ2v) is 7.25. The average Bonchev–Trinajstić information content (AvgIpc) is 3.02. The molecular formula is C17H29N5O3. The Morgan fingerprint density at radius 3 is 2.48 bits per heavy atom. The van der Waals surface area contributed by atoms with Crippen molar-refractivity contribution in [1.29, 1.82) is 0 Å². The highest BCUT2D eigenvalue weighted by Crippen LogP contribution is 2.10. The third-order valence-electron chi connectivity index (χ3n) is 4.65. The zero-order chi connectivity index (χ0) is 17.6. The molecule has 0 aliphatic carbocycles. The van der Waals surface area contributed by atoms with Gasteiger partial charge in [0.15, 0.2) is 5.82 Å². The van der Waals surface area contributed by atoms with Crippen LogP contribution in [0.5, 0.6) is 0 Å². The van der Waals surface area contributed by atoms with Crippen LogP contribution in [0.4, 0.5) is 0 Å². The van der Waals surface area contributed by atoms with Gasteiger partial charge in [-0.05, 0) is 5.92 Å². The summed E-state index contributed by atoms with van der Waals surface area (Å²) in [6.45, 7) is 11.8. The summed E-state index contributed by atoms with van der Waals surface area (Å²) >= 11 is 0. The number of piperazine rings is 1. The van der Waals surface area contributed by atoms with Crippen LogP contribution in [-0.4, -0.2) is 89.8 Å². The van der Waals surface area contributed by atoms with Crippen LogP contribution in [0.15, 0.2) is 4.52 Å². The zero-order valence-corrected chi connectivity index (χ0v) is 15.3. The first kappa shape index (κ1) is 18.3. The molecule has 25 heavy (non-hydrogen) atoms. The minimum Gasteiger partial charge on any atom is -0.379 e. The van der Waals surface area contributed by atoms with Crippen LogP contribution in [0.1, 0.15) is 25.6 Å². The highest BCUT2D eigenvalue weighted by Gasteiger charge is 2.24. The molecule has 2 aliphatic heterocycles. The fourth-order valence-electron chi connectivity index (χ4n) is 3.20. The lowest BCUT2D eigenvalue weighted by atomic mass is 10.1. The molecule has 3 heterocycles. The third-order valence-corrected chi connectivity index (χ3v) is 4.65. The Bertz CT molecular complexity index is 548. The Morgan fingerprint density at radius 2 is 1.80 bits per heavy atom. The van der Waals surface area contributed by atoms with E-state index in [0.717, 1.165) is 64.7 Å². The molecule has 140 valence electrons. The summed E-state index contributed by atoms with van der Waals surface area (Å²) < 4.78 is 10.7. The molecule has 3 rings (SSSR count). The number of amides is 1. The molecule has 0 spiro atoms. The summed E-state index contributed by atoms with van der Waals surface area (Å²) in [7, 11) is 0. The van der Waals surface area contributed by atoms with E-state index >= 15 is 0 Å². The number of carbonyl (C=O) groups excluding carboxylic acids is 1. The first-order valence-corrected chi connectivity index (χ1v) is 9.22. The van der Waals surface area contributed by atoms with Gasteiger partial charge in [0, 0.05) is 45.7 Å². The van der Waals surface area contributed by atoms with Crippen LogP contribution in [0.2, 0.25) is 0 Å². The van der Waals surface area contributed by atoms with Crippen molar-refractivity contribution in [1.82, 2.24) is 24.8 Å². The SMILES string of the molecule is CC(C)Cc1noc(CN2CCN(C(=O)CN3CCOCC3)CC2)n1. The molecule has 1 amide bonds. The molecule has 2 saturated heterocycles. The fraction of sp³-hybridized carbons (Fsp3) is 0.824. The Labute approximate surface area is 149 Å². The molecule has 0 N–H and O–H groups in total. The molecule has 0 saturated carbocycles. The number of carbonyl (C=O) groups is 1. The van der Waals surface area contributed by atoms with Crippen LogP contribution < -0.4 is 0 Å². The smallest absolute Gasteiger partial charge is 0.240 e. The highest BCUT2D eigenvalue weighted by molar-refractivity contribution is 5.78. The second-order valence-electron chi connectivity index (χ2n) is 7.25. The summed E-state index contributed by atoms with van der Waals surface area (Å²) in [5.41, 5.74) is 0. The summed E-state index contributed by atoms with van der Waals surface area (Å²) in [4.78, 5) is 23.3. The predicted molar refractivity (Wildman–Crippen MR) is 92.0 cm³/mol. The maximum Gasteiger partial charge on any atom is 0.240 e. The van der Waals surface area contributed by atoms with E-state index in [2.05, 4.69) is 33.8 Å². The van der Waals surface area contributed by atoms with Gasteiger partial charge in [-0.25, -0.2) is 0 Å². The van der Waals surface area contributed by atoms with Gasteiger partial charge in [0.2, 0.25) is 11.8 Å². The number of nitrogens with zero attached hydrogens (tertiary/aromatic N) is 5. The summed E-state index contributed by atoms with van der Waals surface area (Å²) in [5, 5.41) is 4.04. The van der Waals surface area contributed by atoms with E-state index in [1.54, 1.807) is 0 Å². The van der Waals surface area contributed by atoms with Crippen molar-refractivity contribution in [2.75, 3.05) is 59.0 Å². The van der Waals surface area contributed by atoms with Crippen molar-refractivity contribution in [3.63, 3.8) is 0 Å². The number of hydrogen-bond acceptors (Lipinski definition) is 7. The maximum absolute atomic E-state index is 12.4. The largest absolute Gasteiger partial charge is 0.379 e. The van der Waals surface area contributed by atoms with Crippen molar-refractivity contribution in [2.45, 2.75) is 26.8 Å². The van der Waals surface area contributed by atoms with Crippen molar-refractivity contribution in [3.8, 4) is 0 Å². The summed E-state index contributed by atoms with van der Waals surface area (Å²) in [5.74, 6) is 2.19. The lowest BCUT2D eigenvalue weighted by molar-refractivity contribution is -0.135. The fourth-order valence-corrected chi connectivity index (χ4v) is 3.20. The minimum atomic E-state index is 0.221. The Morgan fingerprint density at radius 1 is 1.08 bits per heavy atom. The van der Waals surface area contributed by atoms with Crippen LogP contribution in [0.25, 0.3) is 0 Å². The Balaban J connectivity index is 1.40. The van der Waals surface area contributed by atoms with Gasteiger partial charge in [-0.3, -0.25) is 14.6 Å². The van der Waals surface area contributed by atoms with E-state index in [1.807, 2.05) is 4.90 Å². The normalized spacial score (nSPS) is 20.4. The molecule has 0 unspecified atom stereocenters. The number of rotatable bonds is 6. The molecule has 0 atom stereocenters. The zero-order valence-electron chi connectivity index (χ0n) is 15.3. The number of ether oxygens (including phenoxy) is 1. The molecule has 1 aromatic heterocycles. The predicted octanol–water partition coefficient (Wildman–Crippen LogP) is 0.245. The lowest BCUT2D eigenvalue weighted by Gasteiger charge is -2.35. The number of aromatic nitrogens is 2. The Hall–Kier alpha value is -1.51. The van der Waals surface area contributed by atoms with Crippen molar-refractivity contribution in [2.24, 2.45) is 5.92 Å². The van der Waals surface area contributed by atoms with E-state index in [-0.39, 0.29) is 5.91 Å². The van der Waals surface area contributed by atoms with Gasteiger partial charge in [0.1, 0.15) is 0 Å². The monoisotopic (exact) mass is 351 g/mol. The second kappa shape index (κ2) is 8.73. The summed E-state index contributed by atoms with van der Waals surface area (Å²) in [6.07, 6.45) is 0.841. The lowest BCUT2D eigenvalue weighted by Crippen LogP contribution is -2.52. The Kier molecular flexibility index (Phi) is 6.39. The molecule has 2 fully saturated rings. The molecular weight excluding hydrogens is 322 g/mol. The van der Waals surface area contributed by atoms with Crippen molar-refractivity contribution < 1.29 is 14.1 Å². The van der Waals surface area contributed by atoms with E-state index in [4.69, 9.17) is 9.26 Å². The van der Waals surface area contributed by atoms with Gasteiger partial charge < -0.3 is 14.2 Å². The minimum absolute atomic E-state index is 0.221. The highest BCUT2D eigenvalue weighted by atomic mass is 16.5. The van der Waals surface area contributed by atoms with Gasteiger partial charge in [-0.1, -0.05) is 19.0 Å². The van der Waals surface area contributed by atoms with Gasteiger partial charge in [0.05, 0.1) is 26.3 Å². The molecule has 0 aromatic carbocycles. The van der Waals surface area contributed by atoms with E-state index < -0.39 is 0 Å². The average molecular weight is 351 g/mol. The molecule has 0 bridgehead atoms. The first-order valence-electron chi connectivity index (χ1n) is 9.22. The van der Waals surface area contributed by atoms with Crippen molar-refractivity contribution >= 4 is 5.91 Å². The van der Waals surface area contributed by atoms with Crippen molar-refractivity contribution in [3.05, 3.63) is 11.7 Å². The van der Waals surface area contributed by atoms with Crippen LogP contribution >= 0.6 is 0 Å². The molecule has 2 aliphatic rings.